The Balaban J connectivity index is 1.46. The van der Waals surface area contributed by atoms with Gasteiger partial charge in [-0.25, -0.2) is 0 Å². The van der Waals surface area contributed by atoms with Gasteiger partial charge in [-0.2, -0.15) is 0 Å². The lowest BCUT2D eigenvalue weighted by Gasteiger charge is -2.50. The molecule has 1 aromatic rings. The van der Waals surface area contributed by atoms with E-state index in [-0.39, 0.29) is 11.8 Å². The smallest absolute Gasteiger partial charge is 0.253 e. The van der Waals surface area contributed by atoms with Crippen molar-refractivity contribution in [3.63, 3.8) is 0 Å². The Labute approximate surface area is 161 Å². The Hall–Kier alpha value is -2.08. The van der Waals surface area contributed by atoms with Gasteiger partial charge < -0.3 is 15.1 Å². The number of rotatable bonds is 4. The largest absolute Gasteiger partial charge is 0.378 e. The van der Waals surface area contributed by atoms with E-state index in [9.17, 15) is 9.59 Å². The number of piperidine rings is 1. The number of hydrogen-bond acceptors (Lipinski definition) is 4. The predicted molar refractivity (Wildman–Crippen MR) is 106 cm³/mol. The first kappa shape index (κ1) is 18.3. The average Bonchev–Trinajstić information content (AvgIpc) is 3.50. The molecule has 0 bridgehead atoms. The maximum absolute atomic E-state index is 13.0. The van der Waals surface area contributed by atoms with Crippen molar-refractivity contribution in [2.24, 2.45) is 5.92 Å². The molecule has 0 atom stereocenters. The van der Waals surface area contributed by atoms with Gasteiger partial charge in [0.1, 0.15) is 5.54 Å². The van der Waals surface area contributed by atoms with Crippen LogP contribution in [0.5, 0.6) is 0 Å². The van der Waals surface area contributed by atoms with Crippen LogP contribution in [0.3, 0.4) is 0 Å². The first-order chi connectivity index (χ1) is 13.0. The molecule has 0 radical (unpaired) electrons. The van der Waals surface area contributed by atoms with E-state index >= 15 is 0 Å². The summed E-state index contributed by atoms with van der Waals surface area (Å²) < 4.78 is 0. The molecule has 6 nitrogen and oxygen atoms in total. The molecule has 3 aliphatic rings. The second-order valence-electron chi connectivity index (χ2n) is 8.41. The average molecular weight is 370 g/mol. The summed E-state index contributed by atoms with van der Waals surface area (Å²) in [7, 11) is 3.95. The molecule has 0 unspecified atom stereocenters. The van der Waals surface area contributed by atoms with Crippen molar-refractivity contribution in [2.75, 3.05) is 51.7 Å². The van der Waals surface area contributed by atoms with E-state index < -0.39 is 5.54 Å². The van der Waals surface area contributed by atoms with Gasteiger partial charge in [-0.15, -0.1) is 0 Å². The summed E-state index contributed by atoms with van der Waals surface area (Å²) in [5, 5.41) is 3.07. The fraction of sp³-hybridized carbons (Fsp3) is 0.619. The number of benzene rings is 1. The molecule has 146 valence electrons. The molecule has 3 fully saturated rings. The summed E-state index contributed by atoms with van der Waals surface area (Å²) >= 11 is 0. The summed E-state index contributed by atoms with van der Waals surface area (Å²) in [6.45, 7) is 3.99. The summed E-state index contributed by atoms with van der Waals surface area (Å²) in [6, 6.07) is 7.76. The van der Waals surface area contributed by atoms with Crippen LogP contribution in [0.25, 0.3) is 0 Å². The molecule has 1 spiro atoms. The van der Waals surface area contributed by atoms with Crippen LogP contribution in [0, 0.1) is 5.92 Å². The molecule has 2 saturated heterocycles. The summed E-state index contributed by atoms with van der Waals surface area (Å²) in [5.74, 6) is 0.996. The SMILES string of the molecule is CN(C)c1cccc(C(=O)N2CCC3(CC2)C(=O)NCCN3CC2CC2)c1. The Bertz CT molecular complexity index is 721. The van der Waals surface area contributed by atoms with E-state index in [0.717, 1.165) is 49.6 Å². The van der Waals surface area contributed by atoms with Gasteiger partial charge in [-0.1, -0.05) is 6.07 Å². The fourth-order valence-electron chi connectivity index (χ4n) is 4.43. The number of likely N-dealkylation sites (tertiary alicyclic amines) is 1. The molecule has 2 heterocycles. The zero-order valence-corrected chi connectivity index (χ0v) is 16.4. The molecule has 27 heavy (non-hydrogen) atoms. The van der Waals surface area contributed by atoms with Crippen molar-refractivity contribution in [1.82, 2.24) is 15.1 Å². The number of hydrogen-bond donors (Lipinski definition) is 1. The molecule has 1 aromatic carbocycles. The van der Waals surface area contributed by atoms with E-state index in [1.807, 2.05) is 48.2 Å². The minimum atomic E-state index is -0.414. The first-order valence-corrected chi connectivity index (χ1v) is 10.1. The zero-order valence-electron chi connectivity index (χ0n) is 16.4. The summed E-state index contributed by atoms with van der Waals surface area (Å²) in [4.78, 5) is 32.1. The van der Waals surface area contributed by atoms with E-state index in [2.05, 4.69) is 10.2 Å². The number of carbonyl (C=O) groups is 2. The lowest BCUT2D eigenvalue weighted by Crippen LogP contribution is -2.68. The standard InChI is InChI=1S/C21H30N4O2/c1-23(2)18-5-3-4-17(14-18)19(26)24-11-8-21(9-12-24)20(27)22-10-13-25(21)15-16-6-7-16/h3-5,14,16H,6-13,15H2,1-2H3,(H,22,27). The van der Waals surface area contributed by atoms with Crippen LogP contribution in [0.1, 0.15) is 36.0 Å². The Morgan fingerprint density at radius 3 is 2.63 bits per heavy atom. The highest BCUT2D eigenvalue weighted by Gasteiger charge is 2.49. The van der Waals surface area contributed by atoms with Crippen molar-refractivity contribution in [3.05, 3.63) is 29.8 Å². The monoisotopic (exact) mass is 370 g/mol. The van der Waals surface area contributed by atoms with Crippen molar-refractivity contribution < 1.29 is 9.59 Å². The van der Waals surface area contributed by atoms with Crippen LogP contribution in [-0.2, 0) is 4.79 Å². The Morgan fingerprint density at radius 2 is 1.96 bits per heavy atom. The molecule has 4 rings (SSSR count). The van der Waals surface area contributed by atoms with Crippen LogP contribution >= 0.6 is 0 Å². The topological polar surface area (TPSA) is 55.9 Å². The quantitative estimate of drug-likeness (QED) is 0.874. The first-order valence-electron chi connectivity index (χ1n) is 10.1. The number of nitrogens with one attached hydrogen (secondary N) is 1. The highest BCUT2D eigenvalue weighted by Crippen LogP contribution is 2.37. The zero-order chi connectivity index (χ0) is 19.0. The van der Waals surface area contributed by atoms with Gasteiger partial charge in [0.15, 0.2) is 0 Å². The fourth-order valence-corrected chi connectivity index (χ4v) is 4.43. The van der Waals surface area contributed by atoms with Crippen molar-refractivity contribution in [3.8, 4) is 0 Å². The van der Waals surface area contributed by atoms with Gasteiger partial charge in [0, 0.05) is 58.1 Å². The third kappa shape index (κ3) is 3.55. The number of amides is 2. The minimum Gasteiger partial charge on any atom is -0.378 e. The molecule has 6 heteroatoms. The third-order valence-corrected chi connectivity index (χ3v) is 6.36. The van der Waals surface area contributed by atoms with E-state index in [1.165, 1.54) is 12.8 Å². The number of nitrogens with zero attached hydrogens (tertiary/aromatic N) is 3. The van der Waals surface area contributed by atoms with E-state index in [0.29, 0.717) is 13.1 Å². The van der Waals surface area contributed by atoms with Crippen molar-refractivity contribution >= 4 is 17.5 Å². The van der Waals surface area contributed by atoms with Crippen molar-refractivity contribution in [2.45, 2.75) is 31.2 Å². The lowest BCUT2D eigenvalue weighted by molar-refractivity contribution is -0.141. The van der Waals surface area contributed by atoms with Gasteiger partial charge in [0.25, 0.3) is 5.91 Å². The molecular weight excluding hydrogens is 340 g/mol. The normalized spacial score (nSPS) is 22.6. The van der Waals surface area contributed by atoms with Crippen LogP contribution in [0.2, 0.25) is 0 Å². The van der Waals surface area contributed by atoms with Crippen LogP contribution in [0.15, 0.2) is 24.3 Å². The molecule has 1 aliphatic carbocycles. The van der Waals surface area contributed by atoms with Crippen LogP contribution in [-0.4, -0.2) is 74.0 Å². The maximum Gasteiger partial charge on any atom is 0.253 e. The molecule has 2 amide bonds. The summed E-state index contributed by atoms with van der Waals surface area (Å²) in [6.07, 6.45) is 4.04. The second-order valence-corrected chi connectivity index (χ2v) is 8.41. The van der Waals surface area contributed by atoms with E-state index in [4.69, 9.17) is 0 Å². The Kier molecular flexibility index (Phi) is 4.84. The van der Waals surface area contributed by atoms with E-state index in [1.54, 1.807) is 0 Å². The second kappa shape index (κ2) is 7.15. The predicted octanol–water partition coefficient (Wildman–Crippen LogP) is 1.57. The third-order valence-electron chi connectivity index (χ3n) is 6.36. The van der Waals surface area contributed by atoms with Gasteiger partial charge in [-0.3, -0.25) is 14.5 Å². The van der Waals surface area contributed by atoms with Crippen LogP contribution < -0.4 is 10.2 Å². The van der Waals surface area contributed by atoms with Crippen molar-refractivity contribution in [1.29, 1.82) is 0 Å². The Morgan fingerprint density at radius 1 is 1.22 bits per heavy atom. The number of piperazine rings is 1. The maximum atomic E-state index is 13.0. The lowest BCUT2D eigenvalue weighted by atomic mass is 9.82. The van der Waals surface area contributed by atoms with Gasteiger partial charge >= 0.3 is 0 Å². The molecule has 1 N–H and O–H groups in total. The van der Waals surface area contributed by atoms with Gasteiger partial charge in [-0.05, 0) is 49.8 Å². The molecule has 2 aliphatic heterocycles. The highest BCUT2D eigenvalue weighted by atomic mass is 16.2. The molecule has 1 saturated carbocycles. The number of carbonyl (C=O) groups excluding carboxylic acids is 2. The number of anilines is 1. The van der Waals surface area contributed by atoms with Crippen LogP contribution in [0.4, 0.5) is 5.69 Å². The minimum absolute atomic E-state index is 0.0681. The van der Waals surface area contributed by atoms with Gasteiger partial charge in [0.2, 0.25) is 5.91 Å². The molecular formula is C21H30N4O2. The van der Waals surface area contributed by atoms with Gasteiger partial charge in [0.05, 0.1) is 0 Å². The molecule has 0 aromatic heterocycles. The highest BCUT2D eigenvalue weighted by molar-refractivity contribution is 5.95. The summed E-state index contributed by atoms with van der Waals surface area (Å²) in [5.41, 5.74) is 1.33.